The zero-order valence-electron chi connectivity index (χ0n) is 16.2. The number of anilines is 1. The molecule has 0 bridgehead atoms. The van der Waals surface area contributed by atoms with Crippen LogP contribution < -0.4 is 10.6 Å². The van der Waals surface area contributed by atoms with Crippen LogP contribution in [-0.2, 0) is 22.6 Å². The second-order valence-corrected chi connectivity index (χ2v) is 6.81. The Labute approximate surface area is 168 Å². The summed E-state index contributed by atoms with van der Waals surface area (Å²) >= 11 is 0. The summed E-state index contributed by atoms with van der Waals surface area (Å²) < 4.78 is 1.94. The number of nitrogens with zero attached hydrogens (tertiary/aromatic N) is 2. The third kappa shape index (κ3) is 3.96. The molecule has 3 aromatic carbocycles. The molecule has 1 aromatic heterocycles. The molecule has 2 amide bonds. The van der Waals surface area contributed by atoms with Gasteiger partial charge in [-0.15, -0.1) is 0 Å². The molecule has 0 aliphatic rings. The smallest absolute Gasteiger partial charge is 0.246 e. The van der Waals surface area contributed by atoms with E-state index in [1.54, 1.807) is 0 Å². The Bertz CT molecular complexity index is 1190. The average Bonchev–Trinajstić information content (AvgIpc) is 3.09. The number of carbonyl (C=O) groups excluding carboxylic acids is 2. The first-order valence-electron chi connectivity index (χ1n) is 9.64. The van der Waals surface area contributed by atoms with E-state index < -0.39 is 0 Å². The van der Waals surface area contributed by atoms with E-state index in [2.05, 4.69) is 15.6 Å². The molecule has 0 fully saturated rings. The second-order valence-electron chi connectivity index (χ2n) is 6.81. The lowest BCUT2D eigenvalue weighted by atomic mass is 10.0. The Hall–Kier alpha value is -3.67. The molecule has 0 atom stereocenters. The van der Waals surface area contributed by atoms with Gasteiger partial charge in [0.25, 0.3) is 0 Å². The van der Waals surface area contributed by atoms with Crippen LogP contribution in [0.5, 0.6) is 0 Å². The molecule has 0 saturated carbocycles. The molecule has 0 radical (unpaired) electrons. The molecule has 6 heteroatoms. The van der Waals surface area contributed by atoms with Gasteiger partial charge in [0.05, 0.1) is 24.0 Å². The number of para-hydroxylation sites is 2. The summed E-state index contributed by atoms with van der Waals surface area (Å²) in [5, 5.41) is 7.64. The molecule has 0 aliphatic carbocycles. The number of aryl methyl sites for hydroxylation is 1. The summed E-state index contributed by atoms with van der Waals surface area (Å²) in [6, 6.07) is 21.6. The van der Waals surface area contributed by atoms with Crippen LogP contribution >= 0.6 is 0 Å². The van der Waals surface area contributed by atoms with Gasteiger partial charge in [0, 0.05) is 6.54 Å². The Morgan fingerprint density at radius 2 is 1.69 bits per heavy atom. The Balaban J connectivity index is 1.39. The number of hydrogen-bond acceptors (Lipinski definition) is 3. The average molecular weight is 386 g/mol. The maximum atomic E-state index is 12.4. The minimum absolute atomic E-state index is 0.101. The molecule has 0 unspecified atom stereocenters. The van der Waals surface area contributed by atoms with Crippen molar-refractivity contribution in [3.8, 4) is 0 Å². The van der Waals surface area contributed by atoms with Crippen molar-refractivity contribution in [1.29, 1.82) is 0 Å². The number of carbonyl (C=O) groups is 2. The molecule has 0 aliphatic heterocycles. The van der Waals surface area contributed by atoms with Gasteiger partial charge in [0.15, 0.2) is 0 Å². The van der Waals surface area contributed by atoms with Crippen LogP contribution in [0.25, 0.3) is 21.8 Å². The molecular formula is C23H22N4O2. The first kappa shape index (κ1) is 18.7. The molecule has 2 N–H and O–H groups in total. The third-order valence-electron chi connectivity index (χ3n) is 4.90. The minimum atomic E-state index is -0.304. The lowest BCUT2D eigenvalue weighted by molar-refractivity contribution is -0.123. The maximum Gasteiger partial charge on any atom is 0.246 e. The predicted octanol–water partition coefficient (Wildman–Crippen LogP) is 3.51. The zero-order valence-corrected chi connectivity index (χ0v) is 16.2. The highest BCUT2D eigenvalue weighted by atomic mass is 16.2. The Morgan fingerprint density at radius 1 is 0.931 bits per heavy atom. The van der Waals surface area contributed by atoms with Gasteiger partial charge in [-0.1, -0.05) is 54.6 Å². The Morgan fingerprint density at radius 3 is 2.55 bits per heavy atom. The largest absolute Gasteiger partial charge is 0.347 e. The third-order valence-corrected chi connectivity index (χ3v) is 4.90. The summed E-state index contributed by atoms with van der Waals surface area (Å²) in [6.07, 6.45) is 0.224. The van der Waals surface area contributed by atoms with Gasteiger partial charge in [0.1, 0.15) is 0 Å². The summed E-state index contributed by atoms with van der Waals surface area (Å²) in [6.45, 7) is 2.58. The highest BCUT2D eigenvalue weighted by Gasteiger charge is 2.13. The van der Waals surface area contributed by atoms with Crippen molar-refractivity contribution in [1.82, 2.24) is 14.9 Å². The van der Waals surface area contributed by atoms with E-state index in [9.17, 15) is 9.59 Å². The summed E-state index contributed by atoms with van der Waals surface area (Å²) in [7, 11) is 0. The van der Waals surface area contributed by atoms with Gasteiger partial charge in [-0.25, -0.2) is 4.98 Å². The quantitative estimate of drug-likeness (QED) is 0.532. The van der Waals surface area contributed by atoms with Crippen molar-refractivity contribution in [2.24, 2.45) is 0 Å². The molecule has 4 rings (SSSR count). The highest BCUT2D eigenvalue weighted by molar-refractivity contribution is 5.96. The first-order chi connectivity index (χ1) is 14.2. The molecule has 146 valence electrons. The number of rotatable bonds is 6. The van der Waals surface area contributed by atoms with Crippen molar-refractivity contribution in [3.05, 3.63) is 72.3 Å². The van der Waals surface area contributed by atoms with E-state index in [0.717, 1.165) is 27.4 Å². The van der Waals surface area contributed by atoms with Gasteiger partial charge in [-0.05, 0) is 35.4 Å². The van der Waals surface area contributed by atoms with E-state index >= 15 is 0 Å². The number of aromatic nitrogens is 2. The van der Waals surface area contributed by atoms with Crippen molar-refractivity contribution in [3.63, 3.8) is 0 Å². The molecule has 1 heterocycles. The fraction of sp³-hybridized carbons (Fsp3) is 0.174. The second kappa shape index (κ2) is 8.14. The fourth-order valence-electron chi connectivity index (χ4n) is 3.52. The van der Waals surface area contributed by atoms with Crippen LogP contribution in [0.3, 0.4) is 0 Å². The predicted molar refractivity (Wildman–Crippen MR) is 115 cm³/mol. The van der Waals surface area contributed by atoms with Crippen LogP contribution in [0.15, 0.2) is 66.7 Å². The number of imidazole rings is 1. The standard InChI is InChI=1S/C23H22N4O2/c1-2-27-20-13-6-5-12-19(20)25-23(27)26-22(29)15-24-21(28)14-17-10-7-9-16-8-3-4-11-18(16)17/h3-13H,2,14-15H2,1H3,(H,24,28)(H,25,26,29). The number of hydrogen-bond donors (Lipinski definition) is 2. The van der Waals surface area contributed by atoms with Crippen molar-refractivity contribution >= 4 is 39.6 Å². The SMILES string of the molecule is CCn1c(NC(=O)CNC(=O)Cc2cccc3ccccc23)nc2ccccc21. The van der Waals surface area contributed by atoms with Crippen molar-refractivity contribution in [2.75, 3.05) is 11.9 Å². The fourth-order valence-corrected chi connectivity index (χ4v) is 3.52. The normalized spacial score (nSPS) is 10.9. The maximum absolute atomic E-state index is 12.4. The van der Waals surface area contributed by atoms with Crippen LogP contribution in [0.1, 0.15) is 12.5 Å². The highest BCUT2D eigenvalue weighted by Crippen LogP contribution is 2.20. The van der Waals surface area contributed by atoms with Gasteiger partial charge < -0.3 is 9.88 Å². The van der Waals surface area contributed by atoms with E-state index in [4.69, 9.17) is 0 Å². The molecule has 0 spiro atoms. The van der Waals surface area contributed by atoms with E-state index in [0.29, 0.717) is 12.5 Å². The van der Waals surface area contributed by atoms with Gasteiger partial charge in [-0.2, -0.15) is 0 Å². The molecule has 4 aromatic rings. The summed E-state index contributed by atoms with van der Waals surface area (Å²) in [5.74, 6) is -0.0104. The number of benzene rings is 3. The first-order valence-corrected chi connectivity index (χ1v) is 9.64. The lowest BCUT2D eigenvalue weighted by Crippen LogP contribution is -2.34. The van der Waals surface area contributed by atoms with Crippen LogP contribution in [-0.4, -0.2) is 27.9 Å². The monoisotopic (exact) mass is 386 g/mol. The van der Waals surface area contributed by atoms with Crippen molar-refractivity contribution in [2.45, 2.75) is 19.9 Å². The lowest BCUT2D eigenvalue weighted by Gasteiger charge is -2.09. The van der Waals surface area contributed by atoms with Gasteiger partial charge >= 0.3 is 0 Å². The number of fused-ring (bicyclic) bond motifs is 2. The number of amides is 2. The van der Waals surface area contributed by atoms with Gasteiger partial charge in [0.2, 0.25) is 17.8 Å². The van der Waals surface area contributed by atoms with Crippen LogP contribution in [0.2, 0.25) is 0 Å². The van der Waals surface area contributed by atoms with E-state index in [-0.39, 0.29) is 24.8 Å². The van der Waals surface area contributed by atoms with Crippen LogP contribution in [0.4, 0.5) is 5.95 Å². The zero-order chi connectivity index (χ0) is 20.2. The van der Waals surface area contributed by atoms with Crippen LogP contribution in [0, 0.1) is 0 Å². The Kier molecular flexibility index (Phi) is 5.24. The number of nitrogens with one attached hydrogen (secondary N) is 2. The molecule has 0 saturated heterocycles. The summed E-state index contributed by atoms with van der Waals surface area (Å²) in [5.41, 5.74) is 2.73. The van der Waals surface area contributed by atoms with E-state index in [1.165, 1.54) is 0 Å². The molecular weight excluding hydrogens is 364 g/mol. The summed E-state index contributed by atoms with van der Waals surface area (Å²) in [4.78, 5) is 29.2. The minimum Gasteiger partial charge on any atom is -0.347 e. The van der Waals surface area contributed by atoms with Gasteiger partial charge in [-0.3, -0.25) is 14.9 Å². The van der Waals surface area contributed by atoms with Crippen molar-refractivity contribution < 1.29 is 9.59 Å². The molecule has 29 heavy (non-hydrogen) atoms. The molecule has 6 nitrogen and oxygen atoms in total. The topological polar surface area (TPSA) is 76.0 Å². The van der Waals surface area contributed by atoms with E-state index in [1.807, 2.05) is 78.2 Å².